The normalized spacial score (nSPS) is 22.6. The van der Waals surface area contributed by atoms with Gasteiger partial charge in [0.1, 0.15) is 6.54 Å². The minimum atomic E-state index is -0.263. The van der Waals surface area contributed by atoms with E-state index in [9.17, 15) is 9.90 Å². The predicted octanol–water partition coefficient (Wildman–Crippen LogP) is -0.360. The summed E-state index contributed by atoms with van der Waals surface area (Å²) >= 11 is 0. The van der Waals surface area contributed by atoms with E-state index in [1.165, 1.54) is 10.9 Å². The van der Waals surface area contributed by atoms with Crippen LogP contribution in [0.5, 0.6) is 0 Å². The van der Waals surface area contributed by atoms with Crippen molar-refractivity contribution in [3.63, 3.8) is 0 Å². The largest absolute Gasteiger partial charge is 0.393 e. The number of amides is 1. The molecule has 1 aliphatic carbocycles. The summed E-state index contributed by atoms with van der Waals surface area (Å²) in [5.74, 6) is 0.111. The van der Waals surface area contributed by atoms with Crippen LogP contribution in [-0.4, -0.2) is 41.9 Å². The molecule has 112 valence electrons. The summed E-state index contributed by atoms with van der Waals surface area (Å²) < 4.78 is 3.19. The van der Waals surface area contributed by atoms with Crippen LogP contribution < -0.4 is 5.32 Å². The van der Waals surface area contributed by atoms with E-state index >= 15 is 0 Å². The number of hydrogen-bond donors (Lipinski definition) is 2. The standard InChI is InChI=1S/C13H18N6O2/c1-18-7-10(6-15-18)13(9-4-11(20)5-9)16-12(21)8-19-3-2-14-17-19/h2-3,6-7,9,11,13,20H,4-5,8H2,1H3,(H,16,21)/t9?,11?,13-/m1/s1. The number of carbonyl (C=O) groups excluding carboxylic acids is 1. The van der Waals surface area contributed by atoms with E-state index in [0.29, 0.717) is 12.8 Å². The minimum absolute atomic E-state index is 0.127. The lowest BCUT2D eigenvalue weighted by Gasteiger charge is -2.37. The molecule has 1 atom stereocenters. The predicted molar refractivity (Wildman–Crippen MR) is 72.8 cm³/mol. The van der Waals surface area contributed by atoms with Gasteiger partial charge in [-0.05, 0) is 18.8 Å². The zero-order valence-electron chi connectivity index (χ0n) is 11.8. The van der Waals surface area contributed by atoms with Gasteiger partial charge in [-0.15, -0.1) is 5.10 Å². The Balaban J connectivity index is 1.68. The van der Waals surface area contributed by atoms with Crippen molar-refractivity contribution in [1.82, 2.24) is 30.1 Å². The lowest BCUT2D eigenvalue weighted by Crippen LogP contribution is -2.42. The highest BCUT2D eigenvalue weighted by Crippen LogP contribution is 2.37. The fourth-order valence-corrected chi connectivity index (χ4v) is 2.66. The monoisotopic (exact) mass is 290 g/mol. The van der Waals surface area contributed by atoms with Gasteiger partial charge in [-0.3, -0.25) is 9.48 Å². The molecule has 3 rings (SSSR count). The molecule has 0 aliphatic heterocycles. The highest BCUT2D eigenvalue weighted by Gasteiger charge is 2.36. The third kappa shape index (κ3) is 3.10. The summed E-state index contributed by atoms with van der Waals surface area (Å²) in [7, 11) is 1.84. The highest BCUT2D eigenvalue weighted by atomic mass is 16.3. The number of aliphatic hydroxyl groups excluding tert-OH is 1. The second-order valence-corrected chi connectivity index (χ2v) is 5.48. The van der Waals surface area contributed by atoms with Crippen molar-refractivity contribution < 1.29 is 9.90 Å². The molecule has 0 spiro atoms. The van der Waals surface area contributed by atoms with Crippen molar-refractivity contribution in [1.29, 1.82) is 0 Å². The van der Waals surface area contributed by atoms with Crippen molar-refractivity contribution in [3.8, 4) is 0 Å². The van der Waals surface area contributed by atoms with E-state index in [1.807, 2.05) is 13.2 Å². The minimum Gasteiger partial charge on any atom is -0.393 e. The Hall–Kier alpha value is -2.22. The maximum atomic E-state index is 12.1. The fraction of sp³-hybridized carbons (Fsp3) is 0.538. The number of hydrogen-bond acceptors (Lipinski definition) is 5. The summed E-state index contributed by atoms with van der Waals surface area (Å²) in [4.78, 5) is 12.1. The van der Waals surface area contributed by atoms with Gasteiger partial charge < -0.3 is 10.4 Å². The molecule has 0 bridgehead atoms. The quantitative estimate of drug-likeness (QED) is 0.783. The summed E-state index contributed by atoms with van der Waals surface area (Å²) in [5.41, 5.74) is 0.960. The Morgan fingerprint density at radius 1 is 1.57 bits per heavy atom. The van der Waals surface area contributed by atoms with Crippen molar-refractivity contribution in [2.45, 2.75) is 31.5 Å². The number of aryl methyl sites for hydroxylation is 1. The van der Waals surface area contributed by atoms with E-state index in [0.717, 1.165) is 5.56 Å². The first-order valence-corrected chi connectivity index (χ1v) is 6.92. The van der Waals surface area contributed by atoms with E-state index in [2.05, 4.69) is 20.7 Å². The third-order valence-corrected chi connectivity index (χ3v) is 3.80. The van der Waals surface area contributed by atoms with Gasteiger partial charge in [0.25, 0.3) is 0 Å². The first-order valence-electron chi connectivity index (χ1n) is 6.92. The van der Waals surface area contributed by atoms with Crippen LogP contribution in [0.2, 0.25) is 0 Å². The molecule has 8 heteroatoms. The summed E-state index contributed by atoms with van der Waals surface area (Å²) in [6.45, 7) is 0.131. The Kier molecular flexibility index (Phi) is 3.70. The lowest BCUT2D eigenvalue weighted by molar-refractivity contribution is -0.123. The number of aromatic nitrogens is 5. The molecule has 2 aromatic heterocycles. The van der Waals surface area contributed by atoms with Crippen LogP contribution >= 0.6 is 0 Å². The number of aliphatic hydroxyl groups is 1. The van der Waals surface area contributed by atoms with Gasteiger partial charge in [-0.1, -0.05) is 5.21 Å². The van der Waals surface area contributed by atoms with Gasteiger partial charge in [0.15, 0.2) is 0 Å². The third-order valence-electron chi connectivity index (χ3n) is 3.80. The topological polar surface area (TPSA) is 97.9 Å². The zero-order valence-corrected chi connectivity index (χ0v) is 11.8. The molecule has 1 saturated carbocycles. The number of carbonyl (C=O) groups is 1. The highest BCUT2D eigenvalue weighted by molar-refractivity contribution is 5.76. The lowest BCUT2D eigenvalue weighted by atomic mass is 9.75. The van der Waals surface area contributed by atoms with Crippen LogP contribution in [0.3, 0.4) is 0 Å². The Labute approximate surface area is 121 Å². The molecule has 0 unspecified atom stereocenters. The van der Waals surface area contributed by atoms with Crippen molar-refractivity contribution in [2.24, 2.45) is 13.0 Å². The molecule has 2 N–H and O–H groups in total. The summed E-state index contributed by atoms with van der Waals surface area (Å²) in [5, 5.41) is 24.1. The van der Waals surface area contributed by atoms with Crippen molar-refractivity contribution in [3.05, 3.63) is 30.4 Å². The maximum Gasteiger partial charge on any atom is 0.242 e. The molecule has 1 amide bonds. The van der Waals surface area contributed by atoms with Crippen LogP contribution in [-0.2, 0) is 18.4 Å². The van der Waals surface area contributed by atoms with Crippen LogP contribution in [0.15, 0.2) is 24.8 Å². The zero-order chi connectivity index (χ0) is 14.8. The van der Waals surface area contributed by atoms with Crippen LogP contribution in [0, 0.1) is 5.92 Å². The Morgan fingerprint density at radius 2 is 2.38 bits per heavy atom. The number of rotatable bonds is 5. The first-order chi connectivity index (χ1) is 10.1. The smallest absolute Gasteiger partial charge is 0.242 e. The molecule has 0 radical (unpaired) electrons. The maximum absolute atomic E-state index is 12.1. The summed E-state index contributed by atoms with van der Waals surface area (Å²) in [6.07, 6.45) is 7.96. The number of nitrogens with zero attached hydrogens (tertiary/aromatic N) is 5. The van der Waals surface area contributed by atoms with Crippen LogP contribution in [0.25, 0.3) is 0 Å². The van der Waals surface area contributed by atoms with E-state index in [4.69, 9.17) is 0 Å². The van der Waals surface area contributed by atoms with Gasteiger partial charge >= 0.3 is 0 Å². The average molecular weight is 290 g/mol. The molecule has 21 heavy (non-hydrogen) atoms. The van der Waals surface area contributed by atoms with Crippen molar-refractivity contribution in [2.75, 3.05) is 0 Å². The Morgan fingerprint density at radius 3 is 2.95 bits per heavy atom. The van der Waals surface area contributed by atoms with Gasteiger partial charge in [0.2, 0.25) is 5.91 Å². The van der Waals surface area contributed by atoms with Gasteiger partial charge in [0, 0.05) is 25.0 Å². The van der Waals surface area contributed by atoms with Crippen LogP contribution in [0.4, 0.5) is 0 Å². The van der Waals surface area contributed by atoms with E-state index in [-0.39, 0.29) is 30.5 Å². The summed E-state index contributed by atoms with van der Waals surface area (Å²) in [6, 6.07) is -0.127. The molecule has 0 saturated heterocycles. The molecule has 0 aromatic carbocycles. The Bertz CT molecular complexity index is 602. The van der Waals surface area contributed by atoms with Crippen molar-refractivity contribution >= 4 is 5.91 Å². The van der Waals surface area contributed by atoms with Gasteiger partial charge in [-0.25, -0.2) is 4.68 Å². The molecule has 2 heterocycles. The molecular formula is C13H18N6O2. The molecule has 1 aliphatic rings. The first kappa shape index (κ1) is 13.7. The number of nitrogens with one attached hydrogen (secondary N) is 1. The van der Waals surface area contributed by atoms with Crippen LogP contribution in [0.1, 0.15) is 24.4 Å². The van der Waals surface area contributed by atoms with E-state index < -0.39 is 0 Å². The molecule has 2 aromatic rings. The molecule has 1 fully saturated rings. The average Bonchev–Trinajstić information content (AvgIpc) is 3.04. The second-order valence-electron chi connectivity index (χ2n) is 5.48. The van der Waals surface area contributed by atoms with Gasteiger partial charge in [0.05, 0.1) is 24.5 Å². The fourth-order valence-electron chi connectivity index (χ4n) is 2.66. The van der Waals surface area contributed by atoms with E-state index in [1.54, 1.807) is 17.1 Å². The molecular weight excluding hydrogens is 272 g/mol. The molecule has 8 nitrogen and oxygen atoms in total. The SMILES string of the molecule is Cn1cc([C@H](NC(=O)Cn2ccnn2)C2CC(O)C2)cn1. The van der Waals surface area contributed by atoms with Gasteiger partial charge in [-0.2, -0.15) is 5.10 Å². The second kappa shape index (κ2) is 5.65.